The van der Waals surface area contributed by atoms with E-state index in [-0.39, 0.29) is 6.10 Å². The maximum Gasteiger partial charge on any atom is 0.241 e. The minimum absolute atomic E-state index is 0.265. The summed E-state index contributed by atoms with van der Waals surface area (Å²) in [4.78, 5) is 6.59. The van der Waals surface area contributed by atoms with Crippen LogP contribution in [-0.2, 0) is 6.54 Å². The number of hydrogen-bond acceptors (Lipinski definition) is 6. The van der Waals surface area contributed by atoms with Crippen LogP contribution in [0, 0.1) is 5.92 Å². The van der Waals surface area contributed by atoms with Crippen molar-refractivity contribution in [2.24, 2.45) is 5.92 Å². The van der Waals surface area contributed by atoms with Gasteiger partial charge < -0.3 is 14.0 Å². The van der Waals surface area contributed by atoms with Crippen molar-refractivity contribution in [2.45, 2.75) is 32.4 Å². The Morgan fingerprint density at radius 3 is 3.20 bits per heavy atom. The van der Waals surface area contributed by atoms with Crippen LogP contribution >= 0.6 is 0 Å². The van der Waals surface area contributed by atoms with Crippen molar-refractivity contribution in [3.8, 4) is 11.6 Å². The predicted octanol–water partition coefficient (Wildman–Crippen LogP) is 1.92. The Kier molecular flexibility index (Phi) is 3.84. The van der Waals surface area contributed by atoms with E-state index in [9.17, 15) is 5.11 Å². The third-order valence-electron chi connectivity index (χ3n) is 3.79. The van der Waals surface area contributed by atoms with Gasteiger partial charge in [0.15, 0.2) is 5.76 Å². The monoisotopic (exact) mass is 277 g/mol. The lowest BCUT2D eigenvalue weighted by molar-refractivity contribution is 0.0556. The molecule has 2 aromatic rings. The maximum atomic E-state index is 9.70. The van der Waals surface area contributed by atoms with Crippen LogP contribution in [0.2, 0.25) is 0 Å². The zero-order chi connectivity index (χ0) is 13.9. The van der Waals surface area contributed by atoms with Crippen LogP contribution in [0.5, 0.6) is 0 Å². The molecule has 1 aliphatic rings. The number of piperidine rings is 1. The number of aliphatic hydroxyl groups excluding tert-OH is 1. The molecule has 20 heavy (non-hydrogen) atoms. The van der Waals surface area contributed by atoms with E-state index in [0.717, 1.165) is 25.9 Å². The summed E-state index contributed by atoms with van der Waals surface area (Å²) in [7, 11) is 0. The van der Waals surface area contributed by atoms with Gasteiger partial charge in [0, 0.05) is 6.54 Å². The van der Waals surface area contributed by atoms with E-state index >= 15 is 0 Å². The third kappa shape index (κ3) is 2.91. The highest BCUT2D eigenvalue weighted by molar-refractivity contribution is 5.44. The van der Waals surface area contributed by atoms with Gasteiger partial charge in [-0.3, -0.25) is 4.90 Å². The van der Waals surface area contributed by atoms with E-state index in [1.54, 1.807) is 18.4 Å². The second kappa shape index (κ2) is 5.76. The molecule has 1 aliphatic heterocycles. The van der Waals surface area contributed by atoms with Crippen LogP contribution in [0.1, 0.15) is 25.7 Å². The lowest BCUT2D eigenvalue weighted by Gasteiger charge is -2.33. The minimum Gasteiger partial charge on any atom is -0.461 e. The topological polar surface area (TPSA) is 75.5 Å². The molecule has 3 heterocycles. The number of aromatic nitrogens is 2. The van der Waals surface area contributed by atoms with Crippen LogP contribution in [0.25, 0.3) is 11.6 Å². The normalized spacial score (nSPS) is 22.0. The van der Waals surface area contributed by atoms with Gasteiger partial charge in [-0.1, -0.05) is 5.16 Å². The zero-order valence-electron chi connectivity index (χ0n) is 11.5. The van der Waals surface area contributed by atoms with Gasteiger partial charge in [-0.2, -0.15) is 4.98 Å². The number of hydrogen-bond donors (Lipinski definition) is 1. The first kappa shape index (κ1) is 13.3. The van der Waals surface area contributed by atoms with E-state index in [0.29, 0.717) is 29.9 Å². The number of likely N-dealkylation sites (tertiary alicyclic amines) is 1. The van der Waals surface area contributed by atoms with E-state index in [2.05, 4.69) is 15.0 Å². The molecule has 0 unspecified atom stereocenters. The molecule has 0 spiro atoms. The van der Waals surface area contributed by atoms with Crippen molar-refractivity contribution in [2.75, 3.05) is 13.1 Å². The Labute approximate surface area is 117 Å². The van der Waals surface area contributed by atoms with Crippen molar-refractivity contribution in [1.29, 1.82) is 0 Å². The Hall–Kier alpha value is -1.66. The van der Waals surface area contributed by atoms with E-state index in [4.69, 9.17) is 8.94 Å². The van der Waals surface area contributed by atoms with Gasteiger partial charge in [-0.15, -0.1) is 0 Å². The summed E-state index contributed by atoms with van der Waals surface area (Å²) < 4.78 is 10.5. The van der Waals surface area contributed by atoms with Crippen LogP contribution in [0.15, 0.2) is 27.3 Å². The Balaban J connectivity index is 1.63. The fourth-order valence-electron chi connectivity index (χ4n) is 2.64. The highest BCUT2D eigenvalue weighted by Crippen LogP contribution is 2.22. The number of rotatable bonds is 4. The smallest absolute Gasteiger partial charge is 0.241 e. The molecule has 2 aromatic heterocycles. The average molecular weight is 277 g/mol. The van der Waals surface area contributed by atoms with Crippen molar-refractivity contribution < 1.29 is 14.0 Å². The molecule has 6 nitrogen and oxygen atoms in total. The molecular formula is C14H19N3O3. The molecule has 0 amide bonds. The molecule has 1 saturated heterocycles. The van der Waals surface area contributed by atoms with Crippen LogP contribution < -0.4 is 0 Å². The zero-order valence-corrected chi connectivity index (χ0v) is 11.5. The standard InChI is InChI=1S/C14H19N3O3/c1-10(18)11-4-2-6-17(8-11)9-13-15-14(16-20-13)12-5-3-7-19-12/h3,5,7,10-11,18H,2,4,6,8-9H2,1H3/t10-,11+/m0/s1. The van der Waals surface area contributed by atoms with Crippen LogP contribution in [0.4, 0.5) is 0 Å². The molecule has 6 heteroatoms. The molecule has 0 aliphatic carbocycles. The van der Waals surface area contributed by atoms with Crippen LogP contribution in [-0.4, -0.2) is 39.3 Å². The first-order chi connectivity index (χ1) is 9.72. The van der Waals surface area contributed by atoms with Crippen molar-refractivity contribution in [1.82, 2.24) is 15.0 Å². The Bertz CT molecular complexity index is 536. The molecule has 2 atom stereocenters. The first-order valence-electron chi connectivity index (χ1n) is 6.99. The second-order valence-corrected chi connectivity index (χ2v) is 5.37. The number of aliphatic hydroxyl groups is 1. The summed E-state index contributed by atoms with van der Waals surface area (Å²) in [6, 6.07) is 3.60. The second-order valence-electron chi connectivity index (χ2n) is 5.37. The van der Waals surface area contributed by atoms with E-state index in [1.807, 2.05) is 6.92 Å². The Morgan fingerprint density at radius 1 is 1.55 bits per heavy atom. The molecule has 108 valence electrons. The third-order valence-corrected chi connectivity index (χ3v) is 3.79. The highest BCUT2D eigenvalue weighted by atomic mass is 16.5. The summed E-state index contributed by atoms with van der Waals surface area (Å²) in [6.07, 6.45) is 3.49. The summed E-state index contributed by atoms with van der Waals surface area (Å²) in [5, 5.41) is 13.6. The van der Waals surface area contributed by atoms with Crippen molar-refractivity contribution >= 4 is 0 Å². The molecular weight excluding hydrogens is 258 g/mol. The molecule has 0 aromatic carbocycles. The quantitative estimate of drug-likeness (QED) is 0.920. The summed E-state index contributed by atoms with van der Waals surface area (Å²) in [5.41, 5.74) is 0. The van der Waals surface area contributed by atoms with Gasteiger partial charge in [0.05, 0.1) is 18.9 Å². The first-order valence-corrected chi connectivity index (χ1v) is 6.99. The summed E-state index contributed by atoms with van der Waals surface area (Å²) in [5.74, 6) is 2.01. The van der Waals surface area contributed by atoms with Crippen molar-refractivity contribution in [3.63, 3.8) is 0 Å². The molecule has 1 N–H and O–H groups in total. The van der Waals surface area contributed by atoms with E-state index in [1.165, 1.54) is 0 Å². The van der Waals surface area contributed by atoms with Crippen LogP contribution in [0.3, 0.4) is 0 Å². The predicted molar refractivity (Wildman–Crippen MR) is 71.7 cm³/mol. The van der Waals surface area contributed by atoms with Gasteiger partial charge in [0.2, 0.25) is 11.7 Å². The molecule has 0 radical (unpaired) electrons. The summed E-state index contributed by atoms with van der Waals surface area (Å²) in [6.45, 7) is 4.35. The fourth-order valence-corrected chi connectivity index (χ4v) is 2.64. The highest BCUT2D eigenvalue weighted by Gasteiger charge is 2.24. The SMILES string of the molecule is C[C@H](O)[C@@H]1CCCN(Cc2nc(-c3ccco3)no2)C1. The van der Waals surface area contributed by atoms with Gasteiger partial charge in [-0.25, -0.2) is 0 Å². The molecule has 1 fully saturated rings. The average Bonchev–Trinajstić information content (AvgIpc) is 3.09. The molecule has 3 rings (SSSR count). The minimum atomic E-state index is -0.265. The molecule has 0 saturated carbocycles. The molecule has 0 bridgehead atoms. The van der Waals surface area contributed by atoms with Gasteiger partial charge in [-0.05, 0) is 44.4 Å². The van der Waals surface area contributed by atoms with E-state index < -0.39 is 0 Å². The van der Waals surface area contributed by atoms with Crippen molar-refractivity contribution in [3.05, 3.63) is 24.3 Å². The van der Waals surface area contributed by atoms with Gasteiger partial charge in [0.1, 0.15) is 0 Å². The fraction of sp³-hybridized carbons (Fsp3) is 0.571. The summed E-state index contributed by atoms with van der Waals surface area (Å²) >= 11 is 0. The van der Waals surface area contributed by atoms with Gasteiger partial charge >= 0.3 is 0 Å². The largest absolute Gasteiger partial charge is 0.461 e. The van der Waals surface area contributed by atoms with Gasteiger partial charge in [0.25, 0.3) is 0 Å². The maximum absolute atomic E-state index is 9.70. The number of furan rings is 1. The lowest BCUT2D eigenvalue weighted by atomic mass is 9.93. The number of nitrogens with zero attached hydrogens (tertiary/aromatic N) is 3. The Morgan fingerprint density at radius 2 is 2.45 bits per heavy atom. The lowest BCUT2D eigenvalue weighted by Crippen LogP contribution is -2.39.